The summed E-state index contributed by atoms with van der Waals surface area (Å²) in [7, 11) is 0. The zero-order valence-corrected chi connectivity index (χ0v) is 17.4. The number of nitrogens with one attached hydrogen (secondary N) is 1. The van der Waals surface area contributed by atoms with Gasteiger partial charge in [0.15, 0.2) is 0 Å². The molecule has 8 heteroatoms. The topological polar surface area (TPSA) is 69.3 Å². The quantitative estimate of drug-likeness (QED) is 0.813. The van der Waals surface area contributed by atoms with Crippen LogP contribution in [0.2, 0.25) is 0 Å². The fraction of sp³-hybridized carbons (Fsp3) is 0.522. The molecule has 1 aromatic carbocycles. The number of benzene rings is 1. The third-order valence-corrected chi connectivity index (χ3v) is 6.71. The number of carbonyl (C=O) groups is 1. The summed E-state index contributed by atoms with van der Waals surface area (Å²) in [4.78, 5) is 36.8. The van der Waals surface area contributed by atoms with Crippen molar-refractivity contribution in [2.45, 2.75) is 51.1 Å². The van der Waals surface area contributed by atoms with Crippen molar-refractivity contribution >= 4 is 5.91 Å². The molecule has 3 aliphatic rings. The molecule has 1 aromatic heterocycles. The van der Waals surface area contributed by atoms with Crippen LogP contribution in [0.4, 0.5) is 8.78 Å². The number of piperidine rings is 1. The molecule has 0 radical (unpaired) electrons. The average Bonchev–Trinajstić information content (AvgIpc) is 3.61. The Morgan fingerprint density at radius 3 is 2.61 bits per heavy atom. The number of aromatic nitrogens is 2. The number of H-pyrrole nitrogens is 1. The Balaban J connectivity index is 1.23. The molecule has 2 aromatic rings. The minimum absolute atomic E-state index is 0.135. The van der Waals surface area contributed by atoms with Crippen LogP contribution in [0, 0.1) is 17.6 Å². The molecule has 0 unspecified atom stereocenters. The first-order valence-electron chi connectivity index (χ1n) is 11.0. The SMILES string of the molecule is O=C(C1CC1)N1CCc2nc(C3CCN(Cc4ccc(F)cc4F)CC3)[nH]c(=O)c2C1. The average molecular weight is 428 g/mol. The van der Waals surface area contributed by atoms with Gasteiger partial charge in [0.2, 0.25) is 5.91 Å². The summed E-state index contributed by atoms with van der Waals surface area (Å²) in [5, 5.41) is 0. The Kier molecular flexibility index (Phi) is 5.33. The molecular formula is C23H26F2N4O2. The van der Waals surface area contributed by atoms with E-state index in [4.69, 9.17) is 4.98 Å². The highest BCUT2D eigenvalue weighted by molar-refractivity contribution is 5.81. The largest absolute Gasteiger partial charge is 0.337 e. The maximum atomic E-state index is 13.9. The van der Waals surface area contributed by atoms with Crippen molar-refractivity contribution in [1.82, 2.24) is 19.8 Å². The second-order valence-corrected chi connectivity index (χ2v) is 8.95. The Bertz CT molecular complexity index is 1060. The molecule has 1 aliphatic carbocycles. The highest BCUT2D eigenvalue weighted by Crippen LogP contribution is 2.32. The Labute approximate surface area is 179 Å². The van der Waals surface area contributed by atoms with E-state index in [1.807, 2.05) is 0 Å². The van der Waals surface area contributed by atoms with Crippen LogP contribution in [-0.2, 0) is 24.3 Å². The van der Waals surface area contributed by atoms with Crippen molar-refractivity contribution in [3.8, 4) is 0 Å². The molecule has 0 bridgehead atoms. The zero-order chi connectivity index (χ0) is 21.5. The molecule has 2 aliphatic heterocycles. The van der Waals surface area contributed by atoms with Crippen LogP contribution < -0.4 is 5.56 Å². The molecule has 31 heavy (non-hydrogen) atoms. The van der Waals surface area contributed by atoms with E-state index in [2.05, 4.69) is 9.88 Å². The summed E-state index contributed by atoms with van der Waals surface area (Å²) in [5.41, 5.74) is 1.79. The molecule has 6 nitrogen and oxygen atoms in total. The van der Waals surface area contributed by atoms with Crippen LogP contribution in [0.25, 0.3) is 0 Å². The first-order valence-corrected chi connectivity index (χ1v) is 11.0. The van der Waals surface area contributed by atoms with E-state index < -0.39 is 11.6 Å². The molecule has 5 rings (SSSR count). The molecule has 1 N–H and O–H groups in total. The van der Waals surface area contributed by atoms with E-state index in [9.17, 15) is 18.4 Å². The van der Waals surface area contributed by atoms with E-state index in [1.54, 1.807) is 4.90 Å². The Morgan fingerprint density at radius 2 is 1.90 bits per heavy atom. The van der Waals surface area contributed by atoms with Gasteiger partial charge in [-0.2, -0.15) is 0 Å². The van der Waals surface area contributed by atoms with Crippen molar-refractivity contribution in [3.05, 3.63) is 62.8 Å². The number of fused-ring (bicyclic) bond motifs is 1. The predicted molar refractivity (Wildman–Crippen MR) is 110 cm³/mol. The summed E-state index contributed by atoms with van der Waals surface area (Å²) in [6, 6.07) is 3.70. The van der Waals surface area contributed by atoms with Crippen molar-refractivity contribution in [2.24, 2.45) is 5.92 Å². The van der Waals surface area contributed by atoms with Crippen molar-refractivity contribution in [1.29, 1.82) is 0 Å². The lowest BCUT2D eigenvalue weighted by molar-refractivity contribution is -0.133. The van der Waals surface area contributed by atoms with Gasteiger partial charge in [0.05, 0.1) is 17.8 Å². The van der Waals surface area contributed by atoms with Crippen LogP contribution in [-0.4, -0.2) is 45.3 Å². The Hall–Kier alpha value is -2.61. The first-order chi connectivity index (χ1) is 15.0. The van der Waals surface area contributed by atoms with Crippen LogP contribution in [0.15, 0.2) is 23.0 Å². The van der Waals surface area contributed by atoms with Crippen molar-refractivity contribution < 1.29 is 13.6 Å². The fourth-order valence-electron chi connectivity index (χ4n) is 4.67. The second kappa shape index (κ2) is 8.15. The summed E-state index contributed by atoms with van der Waals surface area (Å²) in [6.45, 7) is 2.94. The number of amides is 1. The van der Waals surface area contributed by atoms with Crippen LogP contribution in [0.5, 0.6) is 0 Å². The number of hydrogen-bond donors (Lipinski definition) is 1. The maximum absolute atomic E-state index is 13.9. The number of aromatic amines is 1. The maximum Gasteiger partial charge on any atom is 0.256 e. The summed E-state index contributed by atoms with van der Waals surface area (Å²) >= 11 is 0. The number of hydrogen-bond acceptors (Lipinski definition) is 4. The first kappa shape index (κ1) is 20.3. The molecule has 1 amide bonds. The molecule has 164 valence electrons. The van der Waals surface area contributed by atoms with Gasteiger partial charge in [-0.1, -0.05) is 6.07 Å². The van der Waals surface area contributed by atoms with E-state index >= 15 is 0 Å². The second-order valence-electron chi connectivity index (χ2n) is 8.95. The van der Waals surface area contributed by atoms with Gasteiger partial charge < -0.3 is 9.88 Å². The monoisotopic (exact) mass is 428 g/mol. The third kappa shape index (κ3) is 4.26. The van der Waals surface area contributed by atoms with Crippen LogP contribution in [0.3, 0.4) is 0 Å². The molecule has 2 fully saturated rings. The standard InChI is InChI=1S/C23H26F2N4O2/c24-17-4-3-16(19(25)11-17)12-28-8-5-14(6-9-28)21-26-20-7-10-29(23(31)15-1-2-15)13-18(20)22(30)27-21/h3-4,11,14-15H,1-2,5-10,12-13H2,(H,26,27,30). The summed E-state index contributed by atoms with van der Waals surface area (Å²) in [6.07, 6.45) is 4.17. The number of nitrogens with zero attached hydrogens (tertiary/aromatic N) is 3. The minimum Gasteiger partial charge on any atom is -0.337 e. The number of carbonyl (C=O) groups excluding carboxylic acids is 1. The van der Waals surface area contributed by atoms with Gasteiger partial charge in [-0.05, 0) is 44.8 Å². The third-order valence-electron chi connectivity index (χ3n) is 6.71. The van der Waals surface area contributed by atoms with Crippen molar-refractivity contribution in [2.75, 3.05) is 19.6 Å². The lowest BCUT2D eigenvalue weighted by atomic mass is 9.95. The van der Waals surface area contributed by atoms with Crippen molar-refractivity contribution in [3.63, 3.8) is 0 Å². The Morgan fingerprint density at radius 1 is 1.13 bits per heavy atom. The molecule has 0 spiro atoms. The minimum atomic E-state index is -0.567. The van der Waals surface area contributed by atoms with Gasteiger partial charge in [-0.25, -0.2) is 13.8 Å². The number of likely N-dealkylation sites (tertiary alicyclic amines) is 1. The van der Waals surface area contributed by atoms with E-state index in [0.717, 1.165) is 56.4 Å². The van der Waals surface area contributed by atoms with Gasteiger partial charge in [0.25, 0.3) is 5.56 Å². The van der Waals surface area contributed by atoms with E-state index in [1.165, 1.54) is 12.1 Å². The van der Waals surface area contributed by atoms with Gasteiger partial charge in [-0.15, -0.1) is 0 Å². The molecular weight excluding hydrogens is 402 g/mol. The van der Waals surface area contributed by atoms with Gasteiger partial charge in [0, 0.05) is 43.0 Å². The lowest BCUT2D eigenvalue weighted by Gasteiger charge is -2.32. The smallest absolute Gasteiger partial charge is 0.256 e. The van der Waals surface area contributed by atoms with Crippen LogP contribution in [0.1, 0.15) is 54.2 Å². The number of halogens is 2. The summed E-state index contributed by atoms with van der Waals surface area (Å²) in [5.74, 6) is 0.108. The molecule has 1 saturated heterocycles. The summed E-state index contributed by atoms with van der Waals surface area (Å²) < 4.78 is 27.0. The van der Waals surface area contributed by atoms with Gasteiger partial charge in [0.1, 0.15) is 17.5 Å². The highest BCUT2D eigenvalue weighted by Gasteiger charge is 2.35. The molecule has 0 atom stereocenters. The van der Waals surface area contributed by atoms with Gasteiger partial charge in [-0.3, -0.25) is 14.5 Å². The fourth-order valence-corrected chi connectivity index (χ4v) is 4.67. The number of rotatable bonds is 4. The van der Waals surface area contributed by atoms with E-state index in [0.29, 0.717) is 37.2 Å². The normalized spacial score (nSPS) is 20.0. The van der Waals surface area contributed by atoms with E-state index in [-0.39, 0.29) is 23.3 Å². The molecule has 3 heterocycles. The zero-order valence-electron chi connectivity index (χ0n) is 17.4. The van der Waals surface area contributed by atoms with Gasteiger partial charge >= 0.3 is 0 Å². The molecule has 1 saturated carbocycles. The highest BCUT2D eigenvalue weighted by atomic mass is 19.1. The predicted octanol–water partition coefficient (Wildman–Crippen LogP) is 2.72. The van der Waals surface area contributed by atoms with Crippen LogP contribution >= 0.6 is 0 Å². The lowest BCUT2D eigenvalue weighted by Crippen LogP contribution is -2.41.